The molecule has 1 amide bonds. The van der Waals surface area contributed by atoms with E-state index in [4.69, 9.17) is 29.4 Å². The molecule has 3 aliphatic heterocycles. The molecule has 0 aromatic rings. The monoisotopic (exact) mass is 1020 g/mol. The van der Waals surface area contributed by atoms with Gasteiger partial charge in [-0.3, -0.25) is 9.59 Å². The van der Waals surface area contributed by atoms with Gasteiger partial charge in [-0.05, 0) is 32.1 Å². The number of allylic oxidation sites excluding steroid dienone is 12. The first kappa shape index (κ1) is 62.3. The van der Waals surface area contributed by atoms with Gasteiger partial charge in [0.1, 0.15) is 18.2 Å². The number of hydrogen-bond donors (Lipinski definition) is 12. The average Bonchev–Trinajstić information content (AvgIpc) is 3.30. The molecular formula is C52H82N2O18. The van der Waals surface area contributed by atoms with E-state index in [0.717, 1.165) is 0 Å². The zero-order chi connectivity index (χ0) is 53.5. The summed E-state index contributed by atoms with van der Waals surface area (Å²) in [6, 6.07) is -2.28. The molecular weight excluding hydrogens is 941 g/mol. The lowest BCUT2D eigenvalue weighted by Crippen LogP contribution is -2.60. The lowest BCUT2D eigenvalue weighted by atomic mass is 9.81. The Kier molecular flexibility index (Phi) is 27.4. The molecule has 0 spiro atoms. The van der Waals surface area contributed by atoms with Crippen molar-refractivity contribution >= 4 is 17.8 Å². The van der Waals surface area contributed by atoms with Crippen molar-refractivity contribution in [3.8, 4) is 0 Å². The van der Waals surface area contributed by atoms with Crippen LogP contribution in [0.5, 0.6) is 0 Å². The van der Waals surface area contributed by atoms with Gasteiger partial charge in [0.05, 0.1) is 93.1 Å². The molecule has 2 bridgehead atoms. The molecule has 0 radical (unpaired) electrons. The number of nitrogens with two attached hydrogens (primary N) is 1. The Morgan fingerprint density at radius 3 is 1.94 bits per heavy atom. The van der Waals surface area contributed by atoms with Crippen molar-refractivity contribution in [2.45, 2.75) is 189 Å². The number of ether oxygens (including phenoxy) is 5. The van der Waals surface area contributed by atoms with Crippen molar-refractivity contribution in [1.82, 2.24) is 5.32 Å². The van der Waals surface area contributed by atoms with E-state index in [1.165, 1.54) is 7.11 Å². The highest BCUT2D eigenvalue weighted by Gasteiger charge is 2.51. The Bertz CT molecular complexity index is 1860. The first-order valence-corrected chi connectivity index (χ1v) is 24.9. The zero-order valence-electron chi connectivity index (χ0n) is 42.1. The van der Waals surface area contributed by atoms with Crippen LogP contribution >= 0.6 is 0 Å². The Hall–Kier alpha value is -3.97. The van der Waals surface area contributed by atoms with Crippen LogP contribution < -0.4 is 11.1 Å². The molecule has 8 unspecified atom stereocenters. The highest BCUT2D eigenvalue weighted by atomic mass is 16.7. The molecule has 0 aliphatic carbocycles. The number of hydrogen-bond acceptors (Lipinski definition) is 19. The van der Waals surface area contributed by atoms with Gasteiger partial charge in [-0.2, -0.15) is 0 Å². The fourth-order valence-corrected chi connectivity index (χ4v) is 8.56. The maximum absolute atomic E-state index is 14.2. The lowest BCUT2D eigenvalue weighted by Gasteiger charge is -2.46. The molecule has 19 atom stereocenters. The van der Waals surface area contributed by atoms with E-state index in [0.29, 0.717) is 6.42 Å². The van der Waals surface area contributed by atoms with Gasteiger partial charge in [0.2, 0.25) is 5.91 Å². The lowest BCUT2D eigenvalue weighted by molar-refractivity contribution is -0.304. The number of rotatable bonds is 7. The molecule has 3 aliphatic rings. The van der Waals surface area contributed by atoms with Gasteiger partial charge in [-0.15, -0.1) is 0 Å². The minimum atomic E-state index is -2.36. The van der Waals surface area contributed by atoms with Crippen LogP contribution in [0, 0.1) is 17.8 Å². The van der Waals surface area contributed by atoms with E-state index in [2.05, 4.69) is 5.32 Å². The van der Waals surface area contributed by atoms with Crippen LogP contribution in [0.4, 0.5) is 0 Å². The minimum Gasteiger partial charge on any atom is -0.467 e. The molecule has 20 nitrogen and oxygen atoms in total. The Labute approximate surface area is 422 Å². The standard InChI is InChI=1S/C52H82N2O18/c1-6-31(2)47(50(66)68-5)54-49(65)45-41(61)29-52(67)28-36(57)25-40(60)38(58)22-21-34(55)24-35(56)26-44(63)70-33(4)23-39(59)32(3)19-17-15-13-11-9-7-8-10-12-14-16-18-20-37(27-43(45)72-52)71-51-48(64)46(53)42(62)30-69-51/h7-20,31-43,45-48,51,55-62,64,67H,6,21-30,53H2,1-5H3,(H,54,65)/b8-7+,11-9+,12-10+,15-13+,16-14+,19-17+,20-18+/t31-,32-,33-,34?,35?,36?,37?,38+,39-,40?,41-,42+,43-,45?,46-,47?,48-,51-,52?/m0/s1. The van der Waals surface area contributed by atoms with Crippen molar-refractivity contribution in [3.05, 3.63) is 85.1 Å². The SMILES string of the molecule is CC[C@H](C)C(NC(=O)C1[C@@H]2CC(O[C@@H]3OC[C@@H](O)[C@H](N)[C@@H]3O)/C=C/C=C/C=C/C=C/C=C/C=C/C=C/[C@H](C)[C@@H](O)C[C@H](C)OC(=O)CC(O)CC(O)CC[C@@H](O)C(O)CC(O)CC(O)(C[C@@H]1O)O2)C(=O)OC. The van der Waals surface area contributed by atoms with Crippen molar-refractivity contribution in [2.75, 3.05) is 13.7 Å². The third-order valence-electron chi connectivity index (χ3n) is 13.0. The molecule has 2 saturated heterocycles. The van der Waals surface area contributed by atoms with Crippen LogP contribution in [-0.2, 0) is 38.1 Å². The molecule has 0 aromatic heterocycles. The topological polar surface area (TPSA) is 338 Å². The number of esters is 2. The first-order valence-electron chi connectivity index (χ1n) is 24.9. The molecule has 20 heteroatoms. The van der Waals surface area contributed by atoms with Gasteiger partial charge in [0, 0.05) is 38.0 Å². The molecule has 72 heavy (non-hydrogen) atoms. The van der Waals surface area contributed by atoms with Gasteiger partial charge < -0.3 is 85.8 Å². The van der Waals surface area contributed by atoms with E-state index in [1.807, 2.05) is 26.0 Å². The molecule has 0 saturated carbocycles. The molecule has 408 valence electrons. The molecule has 3 rings (SSSR count). The first-order chi connectivity index (χ1) is 34.1. The number of aliphatic hydroxyl groups is 10. The number of amides is 1. The number of fused-ring (bicyclic) bond motifs is 2. The van der Waals surface area contributed by atoms with E-state index in [-0.39, 0.29) is 44.6 Å². The number of methoxy groups -OCH3 is 1. The van der Waals surface area contributed by atoms with Crippen LogP contribution in [0.3, 0.4) is 0 Å². The average molecular weight is 1020 g/mol. The van der Waals surface area contributed by atoms with Crippen LogP contribution in [0.25, 0.3) is 0 Å². The maximum atomic E-state index is 14.2. The molecule has 3 heterocycles. The predicted molar refractivity (Wildman–Crippen MR) is 264 cm³/mol. The zero-order valence-corrected chi connectivity index (χ0v) is 42.1. The third-order valence-corrected chi connectivity index (χ3v) is 13.0. The summed E-state index contributed by atoms with van der Waals surface area (Å²) in [6.07, 6.45) is 4.94. The molecule has 2 fully saturated rings. The van der Waals surface area contributed by atoms with Crippen LogP contribution in [0.1, 0.15) is 91.9 Å². The van der Waals surface area contributed by atoms with E-state index in [1.54, 1.807) is 86.8 Å². The fraction of sp³-hybridized carbons (Fsp3) is 0.673. The number of carbonyl (C=O) groups excluding carboxylic acids is 3. The summed E-state index contributed by atoms with van der Waals surface area (Å²) in [5.41, 5.74) is 6.03. The maximum Gasteiger partial charge on any atom is 0.328 e. The van der Waals surface area contributed by atoms with Crippen molar-refractivity contribution in [3.63, 3.8) is 0 Å². The normalized spacial score (nSPS) is 40.9. The number of cyclic esters (lactones) is 1. The Morgan fingerprint density at radius 2 is 1.35 bits per heavy atom. The highest BCUT2D eigenvalue weighted by Crippen LogP contribution is 2.38. The fourth-order valence-electron chi connectivity index (χ4n) is 8.56. The smallest absolute Gasteiger partial charge is 0.328 e. The van der Waals surface area contributed by atoms with Crippen LogP contribution in [-0.4, -0.2) is 180 Å². The van der Waals surface area contributed by atoms with Crippen molar-refractivity contribution in [2.24, 2.45) is 23.5 Å². The summed E-state index contributed by atoms with van der Waals surface area (Å²) in [5, 5.41) is 112. The summed E-state index contributed by atoms with van der Waals surface area (Å²) < 4.78 is 28.3. The van der Waals surface area contributed by atoms with Crippen molar-refractivity contribution in [1.29, 1.82) is 0 Å². The van der Waals surface area contributed by atoms with Gasteiger partial charge in [0.25, 0.3) is 0 Å². The Balaban J connectivity index is 1.97. The number of nitrogens with one attached hydrogen (secondary N) is 1. The second-order valence-electron chi connectivity index (χ2n) is 19.3. The summed E-state index contributed by atoms with van der Waals surface area (Å²) in [5.74, 6) is -6.79. The second-order valence-corrected chi connectivity index (χ2v) is 19.3. The van der Waals surface area contributed by atoms with E-state index < -0.39 is 153 Å². The number of carbonyl (C=O) groups is 3. The quantitative estimate of drug-likeness (QED) is 0.156. The van der Waals surface area contributed by atoms with Gasteiger partial charge >= 0.3 is 11.9 Å². The van der Waals surface area contributed by atoms with Crippen molar-refractivity contribution < 1.29 is 89.1 Å². The predicted octanol–water partition coefficient (Wildman–Crippen LogP) is 0.697. The second kappa shape index (κ2) is 31.7. The third kappa shape index (κ3) is 21.5. The molecule has 13 N–H and O–H groups in total. The molecule has 0 aromatic carbocycles. The van der Waals surface area contributed by atoms with E-state index in [9.17, 15) is 65.4 Å². The highest BCUT2D eigenvalue weighted by molar-refractivity contribution is 5.86. The largest absolute Gasteiger partial charge is 0.467 e. The summed E-state index contributed by atoms with van der Waals surface area (Å²) in [7, 11) is 1.17. The minimum absolute atomic E-state index is 0.116. The van der Waals surface area contributed by atoms with Gasteiger partial charge in [0.15, 0.2) is 12.1 Å². The van der Waals surface area contributed by atoms with E-state index >= 15 is 0 Å². The summed E-state index contributed by atoms with van der Waals surface area (Å²) in [6.45, 7) is 6.70. The Morgan fingerprint density at radius 1 is 0.750 bits per heavy atom. The van der Waals surface area contributed by atoms with Crippen LogP contribution in [0.2, 0.25) is 0 Å². The summed E-state index contributed by atoms with van der Waals surface area (Å²) >= 11 is 0. The van der Waals surface area contributed by atoms with Gasteiger partial charge in [-0.1, -0.05) is 112 Å². The summed E-state index contributed by atoms with van der Waals surface area (Å²) in [4.78, 5) is 39.6. The van der Waals surface area contributed by atoms with Crippen LogP contribution in [0.15, 0.2) is 85.1 Å². The van der Waals surface area contributed by atoms with Gasteiger partial charge in [-0.25, -0.2) is 4.79 Å². The number of aliphatic hydroxyl groups excluding tert-OH is 9.